The molecule has 0 bridgehead atoms. The molecule has 1 heterocycles. The summed E-state index contributed by atoms with van der Waals surface area (Å²) in [5, 5.41) is 14.3. The van der Waals surface area contributed by atoms with Crippen molar-refractivity contribution in [1.82, 2.24) is 10.3 Å². The molecule has 2 N–H and O–H groups in total. The zero-order valence-electron chi connectivity index (χ0n) is 9.27. The van der Waals surface area contributed by atoms with Crippen LogP contribution in [0.3, 0.4) is 0 Å². The maximum Gasteiger partial charge on any atom is 0.280 e. The highest BCUT2D eigenvalue weighted by atomic mass is 127. The van der Waals surface area contributed by atoms with Crippen LogP contribution in [0.25, 0.3) is 10.9 Å². The molecule has 0 spiro atoms. The largest absolute Gasteiger partial charge is 0.358 e. The highest BCUT2D eigenvalue weighted by molar-refractivity contribution is 14.1. The number of hydrogen-bond donors (Lipinski definition) is 2. The number of carbonyl (C=O) groups excluding carboxylic acids is 1. The van der Waals surface area contributed by atoms with Crippen molar-refractivity contribution in [2.24, 2.45) is 0 Å². The van der Waals surface area contributed by atoms with Gasteiger partial charge in [-0.2, -0.15) is 0 Å². The predicted octanol–water partition coefficient (Wildman–Crippen LogP) is 2.76. The molecule has 0 unspecified atom stereocenters. The molecule has 0 radical (unpaired) electrons. The minimum atomic E-state index is -0.420. The van der Waals surface area contributed by atoms with Gasteiger partial charge in [0.2, 0.25) is 0 Å². The number of hydrogen-bond acceptors (Lipinski definition) is 3. The van der Waals surface area contributed by atoms with Crippen LogP contribution in [0.4, 0.5) is 10.5 Å². The first-order chi connectivity index (χ1) is 8.56. The zero-order valence-corrected chi connectivity index (χ0v) is 11.4. The van der Waals surface area contributed by atoms with Crippen molar-refractivity contribution < 1.29 is 9.72 Å². The van der Waals surface area contributed by atoms with E-state index in [2.05, 4.69) is 10.3 Å². The van der Waals surface area contributed by atoms with Gasteiger partial charge >= 0.3 is 0 Å². The molecule has 0 saturated heterocycles. The van der Waals surface area contributed by atoms with E-state index >= 15 is 0 Å². The summed E-state index contributed by atoms with van der Waals surface area (Å²) in [5.74, 6) is 0. The number of halogens is 1. The van der Waals surface area contributed by atoms with Crippen LogP contribution in [0, 0.1) is 10.1 Å². The lowest BCUT2D eigenvalue weighted by Gasteiger charge is -1.97. The molecule has 2 aromatic rings. The van der Waals surface area contributed by atoms with Gasteiger partial charge in [-0.15, -0.1) is 0 Å². The second kappa shape index (κ2) is 5.34. The first kappa shape index (κ1) is 12.8. The first-order valence-corrected chi connectivity index (χ1v) is 6.33. The van der Waals surface area contributed by atoms with Crippen LogP contribution in [0.2, 0.25) is 0 Å². The van der Waals surface area contributed by atoms with Crippen molar-refractivity contribution in [1.29, 1.82) is 0 Å². The molecule has 0 aliphatic rings. The number of H-pyrrole nitrogens is 1. The van der Waals surface area contributed by atoms with E-state index in [1.807, 2.05) is 6.07 Å². The fourth-order valence-electron chi connectivity index (χ4n) is 1.72. The molecular weight excluding hydrogens is 349 g/mol. The van der Waals surface area contributed by atoms with Crippen molar-refractivity contribution in [2.45, 2.75) is 6.42 Å². The number of fused-ring (bicyclic) bond motifs is 1. The van der Waals surface area contributed by atoms with Gasteiger partial charge in [-0.1, -0.05) is 0 Å². The topological polar surface area (TPSA) is 88.0 Å². The SMILES string of the molecule is O=C(I)NCCc1cc2ccc([N+](=O)[O-])cc2[nH]1. The quantitative estimate of drug-likeness (QED) is 0.289. The molecule has 94 valence electrons. The third-order valence-corrected chi connectivity index (χ3v) is 2.91. The van der Waals surface area contributed by atoms with Gasteiger partial charge in [0.15, 0.2) is 0 Å². The summed E-state index contributed by atoms with van der Waals surface area (Å²) < 4.78 is -0.0978. The van der Waals surface area contributed by atoms with Gasteiger partial charge < -0.3 is 10.3 Å². The van der Waals surface area contributed by atoms with Crippen LogP contribution < -0.4 is 5.32 Å². The van der Waals surface area contributed by atoms with Gasteiger partial charge in [0.25, 0.3) is 9.60 Å². The number of carbonyl (C=O) groups is 1. The van der Waals surface area contributed by atoms with Crippen molar-refractivity contribution in [2.75, 3.05) is 6.54 Å². The Hall–Kier alpha value is -1.64. The Morgan fingerprint density at radius 3 is 2.89 bits per heavy atom. The van der Waals surface area contributed by atoms with Gasteiger partial charge in [0, 0.05) is 58.8 Å². The summed E-state index contributed by atoms with van der Waals surface area (Å²) in [4.78, 5) is 24.0. The number of rotatable bonds is 4. The molecule has 0 atom stereocenters. The molecule has 0 saturated carbocycles. The molecule has 2 rings (SSSR count). The van der Waals surface area contributed by atoms with Crippen LogP contribution in [0.5, 0.6) is 0 Å². The molecule has 1 aromatic heterocycles. The van der Waals surface area contributed by atoms with Crippen LogP contribution in [0.1, 0.15) is 5.69 Å². The summed E-state index contributed by atoms with van der Waals surface area (Å²) >= 11 is 1.68. The maximum atomic E-state index is 10.7. The Kier molecular flexibility index (Phi) is 3.80. The number of aromatic amines is 1. The Morgan fingerprint density at radius 2 is 2.22 bits per heavy atom. The number of aromatic nitrogens is 1. The normalized spacial score (nSPS) is 10.5. The van der Waals surface area contributed by atoms with Crippen molar-refractivity contribution in [3.05, 3.63) is 40.1 Å². The van der Waals surface area contributed by atoms with E-state index in [4.69, 9.17) is 0 Å². The lowest BCUT2D eigenvalue weighted by Crippen LogP contribution is -2.18. The van der Waals surface area contributed by atoms with E-state index in [9.17, 15) is 14.9 Å². The molecule has 0 fully saturated rings. The fraction of sp³-hybridized carbons (Fsp3) is 0.182. The number of nitro groups is 1. The maximum absolute atomic E-state index is 10.7. The lowest BCUT2D eigenvalue weighted by atomic mass is 10.2. The fourth-order valence-corrected chi connectivity index (χ4v) is 1.99. The minimum Gasteiger partial charge on any atom is -0.358 e. The monoisotopic (exact) mass is 359 g/mol. The Balaban J connectivity index is 2.16. The molecule has 7 heteroatoms. The van der Waals surface area contributed by atoms with Gasteiger partial charge in [-0.05, 0) is 12.1 Å². The van der Waals surface area contributed by atoms with Crippen molar-refractivity contribution >= 4 is 43.1 Å². The Labute approximate surface area is 116 Å². The van der Waals surface area contributed by atoms with E-state index in [0.29, 0.717) is 13.0 Å². The zero-order chi connectivity index (χ0) is 13.1. The first-order valence-electron chi connectivity index (χ1n) is 5.25. The summed E-state index contributed by atoms with van der Waals surface area (Å²) in [5.41, 5.74) is 1.74. The van der Waals surface area contributed by atoms with Crippen LogP contribution >= 0.6 is 22.6 Å². The molecular formula is C11H10IN3O3. The molecule has 0 aliphatic carbocycles. The van der Waals surface area contributed by atoms with Gasteiger partial charge in [-0.3, -0.25) is 14.9 Å². The number of amides is 1. The smallest absolute Gasteiger partial charge is 0.280 e. The second-order valence-corrected chi connectivity index (χ2v) is 4.75. The van der Waals surface area contributed by atoms with Gasteiger partial charge in [-0.25, -0.2) is 0 Å². The highest BCUT2D eigenvalue weighted by Gasteiger charge is 2.08. The number of benzene rings is 1. The lowest BCUT2D eigenvalue weighted by molar-refractivity contribution is -0.384. The summed E-state index contributed by atoms with van der Waals surface area (Å²) in [6.07, 6.45) is 0.664. The average molecular weight is 359 g/mol. The Bertz CT molecular complexity index is 609. The highest BCUT2D eigenvalue weighted by Crippen LogP contribution is 2.21. The number of nitro benzene ring substituents is 1. The van der Waals surface area contributed by atoms with Crippen LogP contribution in [-0.4, -0.2) is 20.4 Å². The summed E-state index contributed by atoms with van der Waals surface area (Å²) in [6, 6.07) is 6.63. The number of nitrogens with zero attached hydrogens (tertiary/aromatic N) is 1. The minimum absolute atomic E-state index is 0.0662. The van der Waals surface area contributed by atoms with E-state index in [1.165, 1.54) is 12.1 Å². The van der Waals surface area contributed by atoms with E-state index in [-0.39, 0.29) is 9.60 Å². The van der Waals surface area contributed by atoms with Crippen LogP contribution in [-0.2, 0) is 6.42 Å². The third-order valence-electron chi connectivity index (χ3n) is 2.53. The Morgan fingerprint density at radius 1 is 1.44 bits per heavy atom. The van der Waals surface area contributed by atoms with Crippen LogP contribution in [0.15, 0.2) is 24.3 Å². The summed E-state index contributed by atoms with van der Waals surface area (Å²) in [7, 11) is 0. The number of nitrogens with one attached hydrogen (secondary N) is 2. The molecule has 1 amide bonds. The molecule has 1 aromatic carbocycles. The average Bonchev–Trinajstić information content (AvgIpc) is 2.69. The van der Waals surface area contributed by atoms with E-state index in [0.717, 1.165) is 16.6 Å². The van der Waals surface area contributed by atoms with E-state index in [1.54, 1.807) is 28.7 Å². The standard InChI is InChI=1S/C11H10IN3O3/c12-11(16)13-4-3-8-5-7-1-2-9(15(17)18)6-10(7)14-8/h1-2,5-6,14H,3-4H2,(H,13,16). The summed E-state index contributed by atoms with van der Waals surface area (Å²) in [6.45, 7) is 0.538. The van der Waals surface area contributed by atoms with Gasteiger partial charge in [0.05, 0.1) is 10.4 Å². The second-order valence-electron chi connectivity index (χ2n) is 3.77. The molecule has 18 heavy (non-hydrogen) atoms. The third kappa shape index (κ3) is 2.97. The van der Waals surface area contributed by atoms with E-state index < -0.39 is 4.92 Å². The van der Waals surface area contributed by atoms with Crippen molar-refractivity contribution in [3.63, 3.8) is 0 Å². The molecule has 6 nitrogen and oxygen atoms in total. The number of non-ortho nitro benzene ring substituents is 1. The van der Waals surface area contributed by atoms with Gasteiger partial charge in [0.1, 0.15) is 0 Å². The predicted molar refractivity (Wildman–Crippen MR) is 76.1 cm³/mol. The molecule has 0 aliphatic heterocycles. The van der Waals surface area contributed by atoms with Crippen molar-refractivity contribution in [3.8, 4) is 0 Å².